The summed E-state index contributed by atoms with van der Waals surface area (Å²) in [5.74, 6) is 1.42. The lowest BCUT2D eigenvalue weighted by Gasteiger charge is -2.37. The standard InChI is InChI=1S/C22H22N2O3/c25-17-13-22(27-18-4-2-1-3-15(17)18)9-5-16-19(20(16)22)21(26)24-12-8-14-6-10-23-11-7-14/h1-4,6-7,10-11,16,19-20H,5,8-9,12-13H2,(H,24,26)/t16-,19+,20+,22+/m1/s1. The van der Waals surface area contributed by atoms with Crippen molar-refractivity contribution in [3.8, 4) is 5.75 Å². The molecule has 0 saturated heterocycles. The van der Waals surface area contributed by atoms with Gasteiger partial charge in [0.25, 0.3) is 0 Å². The number of carbonyl (C=O) groups is 2. The molecule has 1 spiro atoms. The van der Waals surface area contributed by atoms with Crippen LogP contribution in [0.2, 0.25) is 0 Å². The van der Waals surface area contributed by atoms with E-state index in [1.54, 1.807) is 12.4 Å². The molecule has 3 aliphatic rings. The van der Waals surface area contributed by atoms with Crippen LogP contribution in [0.25, 0.3) is 0 Å². The summed E-state index contributed by atoms with van der Waals surface area (Å²) in [6.45, 7) is 0.619. The van der Waals surface area contributed by atoms with E-state index in [-0.39, 0.29) is 23.5 Å². The van der Waals surface area contributed by atoms with Crippen LogP contribution in [0, 0.1) is 17.8 Å². The van der Waals surface area contributed by atoms with Gasteiger partial charge in [-0.1, -0.05) is 12.1 Å². The van der Waals surface area contributed by atoms with E-state index in [1.165, 1.54) is 0 Å². The van der Waals surface area contributed by atoms with Gasteiger partial charge < -0.3 is 10.1 Å². The third kappa shape index (κ3) is 2.73. The largest absolute Gasteiger partial charge is 0.486 e. The molecule has 1 aromatic carbocycles. The van der Waals surface area contributed by atoms with Crippen molar-refractivity contribution in [2.75, 3.05) is 6.54 Å². The van der Waals surface area contributed by atoms with Crippen molar-refractivity contribution in [1.29, 1.82) is 0 Å². The zero-order chi connectivity index (χ0) is 18.4. The van der Waals surface area contributed by atoms with Gasteiger partial charge in [-0.2, -0.15) is 0 Å². The van der Waals surface area contributed by atoms with Gasteiger partial charge in [-0.05, 0) is 55.0 Å². The topological polar surface area (TPSA) is 68.3 Å². The summed E-state index contributed by atoms with van der Waals surface area (Å²) in [5, 5.41) is 3.07. The molecule has 2 heterocycles. The monoisotopic (exact) mass is 362 g/mol. The molecular weight excluding hydrogens is 340 g/mol. The third-order valence-electron chi connectivity index (χ3n) is 6.40. The van der Waals surface area contributed by atoms with Gasteiger partial charge in [0.2, 0.25) is 5.91 Å². The number of nitrogens with one attached hydrogen (secondary N) is 1. The van der Waals surface area contributed by atoms with Crippen LogP contribution >= 0.6 is 0 Å². The second kappa shape index (κ2) is 6.19. The van der Waals surface area contributed by atoms with Gasteiger partial charge in [0.15, 0.2) is 5.78 Å². The molecule has 0 radical (unpaired) electrons. The Labute approximate surface area is 158 Å². The first-order valence-corrected chi connectivity index (χ1v) is 9.66. The second-order valence-corrected chi connectivity index (χ2v) is 7.91. The van der Waals surface area contributed by atoms with Gasteiger partial charge in [-0.3, -0.25) is 14.6 Å². The molecule has 27 heavy (non-hydrogen) atoms. The number of hydrogen-bond acceptors (Lipinski definition) is 4. The fourth-order valence-electron chi connectivity index (χ4n) is 5.12. The Morgan fingerprint density at radius 3 is 2.89 bits per heavy atom. The van der Waals surface area contributed by atoms with Crippen molar-refractivity contribution in [2.45, 2.75) is 31.3 Å². The first-order chi connectivity index (χ1) is 13.2. The van der Waals surface area contributed by atoms with E-state index in [9.17, 15) is 9.59 Å². The van der Waals surface area contributed by atoms with Crippen LogP contribution in [-0.2, 0) is 11.2 Å². The van der Waals surface area contributed by atoms with Gasteiger partial charge in [-0.15, -0.1) is 0 Å². The van der Waals surface area contributed by atoms with Crippen molar-refractivity contribution in [1.82, 2.24) is 10.3 Å². The summed E-state index contributed by atoms with van der Waals surface area (Å²) < 4.78 is 6.35. The number of carbonyl (C=O) groups excluding carboxylic acids is 2. The Balaban J connectivity index is 1.25. The molecule has 2 aliphatic carbocycles. The van der Waals surface area contributed by atoms with Crippen LogP contribution in [-0.4, -0.2) is 28.8 Å². The second-order valence-electron chi connectivity index (χ2n) is 7.91. The number of Topliss-reactive ketones (excluding diaryl/α,β-unsaturated/α-hetero) is 1. The average molecular weight is 362 g/mol. The Hall–Kier alpha value is -2.69. The van der Waals surface area contributed by atoms with Crippen LogP contribution in [0.4, 0.5) is 0 Å². The fourth-order valence-corrected chi connectivity index (χ4v) is 5.12. The molecule has 2 aromatic rings. The van der Waals surface area contributed by atoms with E-state index < -0.39 is 5.60 Å². The van der Waals surface area contributed by atoms with Crippen LogP contribution in [0.15, 0.2) is 48.8 Å². The van der Waals surface area contributed by atoms with Crippen LogP contribution in [0.1, 0.15) is 35.2 Å². The molecule has 1 amide bonds. The number of benzene rings is 1. The maximum absolute atomic E-state index is 12.7. The molecule has 138 valence electrons. The highest BCUT2D eigenvalue weighted by Gasteiger charge is 2.70. The van der Waals surface area contributed by atoms with E-state index >= 15 is 0 Å². The number of nitrogens with zero attached hydrogens (tertiary/aromatic N) is 1. The summed E-state index contributed by atoms with van der Waals surface area (Å²) in [7, 11) is 0. The maximum atomic E-state index is 12.7. The smallest absolute Gasteiger partial charge is 0.223 e. The number of fused-ring (bicyclic) bond motifs is 3. The highest BCUT2D eigenvalue weighted by Crippen LogP contribution is 2.65. The number of rotatable bonds is 4. The lowest BCUT2D eigenvalue weighted by atomic mass is 9.84. The molecule has 2 fully saturated rings. The van der Waals surface area contributed by atoms with Crippen LogP contribution < -0.4 is 10.1 Å². The van der Waals surface area contributed by atoms with Crippen molar-refractivity contribution in [2.24, 2.45) is 17.8 Å². The summed E-state index contributed by atoms with van der Waals surface area (Å²) >= 11 is 0. The zero-order valence-corrected chi connectivity index (χ0v) is 15.1. The predicted molar refractivity (Wildman–Crippen MR) is 99.4 cm³/mol. The SMILES string of the molecule is O=C1C[C@]2(CC[C@@H]3[C@H](C(=O)NCCc4ccncc4)[C@H]32)Oc2ccccc21. The summed E-state index contributed by atoms with van der Waals surface area (Å²) in [4.78, 5) is 29.3. The molecule has 1 aromatic heterocycles. The van der Waals surface area contributed by atoms with E-state index in [4.69, 9.17) is 4.74 Å². The molecule has 1 aliphatic heterocycles. The van der Waals surface area contributed by atoms with Gasteiger partial charge in [0.05, 0.1) is 12.0 Å². The minimum atomic E-state index is -0.483. The zero-order valence-electron chi connectivity index (χ0n) is 15.1. The van der Waals surface area contributed by atoms with E-state index in [2.05, 4.69) is 10.3 Å². The molecule has 1 N–H and O–H groups in total. The number of hydrogen-bond donors (Lipinski definition) is 1. The molecular formula is C22H22N2O3. The Morgan fingerprint density at radius 1 is 1.22 bits per heavy atom. The van der Waals surface area contributed by atoms with Crippen LogP contribution in [0.5, 0.6) is 5.75 Å². The van der Waals surface area contributed by atoms with Crippen LogP contribution in [0.3, 0.4) is 0 Å². The number of para-hydroxylation sites is 1. The van der Waals surface area contributed by atoms with Crippen molar-refractivity contribution in [3.05, 3.63) is 59.9 Å². The predicted octanol–water partition coefficient (Wildman–Crippen LogP) is 2.80. The summed E-state index contributed by atoms with van der Waals surface area (Å²) in [6, 6.07) is 11.4. The highest BCUT2D eigenvalue weighted by atomic mass is 16.5. The lowest BCUT2D eigenvalue weighted by Crippen LogP contribution is -2.44. The lowest BCUT2D eigenvalue weighted by molar-refractivity contribution is -0.124. The van der Waals surface area contributed by atoms with E-state index in [0.29, 0.717) is 30.2 Å². The molecule has 4 atom stereocenters. The normalized spacial score (nSPS) is 30.4. The molecule has 5 heteroatoms. The first-order valence-electron chi connectivity index (χ1n) is 9.66. The maximum Gasteiger partial charge on any atom is 0.223 e. The summed E-state index contributed by atoms with van der Waals surface area (Å²) in [6.07, 6.45) is 6.55. The number of aromatic nitrogens is 1. The minimum absolute atomic E-state index is 0.0192. The van der Waals surface area contributed by atoms with Gasteiger partial charge in [0, 0.05) is 30.8 Å². The number of ether oxygens (including phenoxy) is 1. The van der Waals surface area contributed by atoms with Gasteiger partial charge in [-0.25, -0.2) is 0 Å². The Kier molecular flexibility index (Phi) is 3.78. The fraction of sp³-hybridized carbons (Fsp3) is 0.409. The highest BCUT2D eigenvalue weighted by molar-refractivity contribution is 6.00. The minimum Gasteiger partial charge on any atom is -0.486 e. The first kappa shape index (κ1) is 16.5. The van der Waals surface area contributed by atoms with E-state index in [0.717, 1.165) is 24.8 Å². The van der Waals surface area contributed by atoms with Gasteiger partial charge >= 0.3 is 0 Å². The number of pyridine rings is 1. The van der Waals surface area contributed by atoms with Crippen molar-refractivity contribution < 1.29 is 14.3 Å². The molecule has 0 bridgehead atoms. The van der Waals surface area contributed by atoms with Crippen molar-refractivity contribution >= 4 is 11.7 Å². The molecule has 5 nitrogen and oxygen atoms in total. The molecule has 0 unspecified atom stereocenters. The van der Waals surface area contributed by atoms with Gasteiger partial charge in [0.1, 0.15) is 11.4 Å². The molecule has 5 rings (SSSR count). The van der Waals surface area contributed by atoms with Crippen molar-refractivity contribution in [3.63, 3.8) is 0 Å². The quantitative estimate of drug-likeness (QED) is 0.908. The number of amides is 1. The average Bonchev–Trinajstić information content (AvgIpc) is 3.34. The summed E-state index contributed by atoms with van der Waals surface area (Å²) in [5.41, 5.74) is 1.35. The molecule has 2 saturated carbocycles. The Bertz CT molecular complexity index is 897. The van der Waals surface area contributed by atoms with E-state index in [1.807, 2.05) is 36.4 Å². The Morgan fingerprint density at radius 2 is 2.04 bits per heavy atom. The third-order valence-corrected chi connectivity index (χ3v) is 6.40. The number of ketones is 1.